The minimum atomic E-state index is 0.0488. The maximum Gasteiger partial charge on any atom is 0.227 e. The van der Waals surface area contributed by atoms with E-state index in [9.17, 15) is 4.79 Å². The lowest BCUT2D eigenvalue weighted by atomic mass is 10.1. The van der Waals surface area contributed by atoms with Gasteiger partial charge in [-0.25, -0.2) is 0 Å². The lowest BCUT2D eigenvalue weighted by Crippen LogP contribution is -2.29. The number of hydrogen-bond acceptors (Lipinski definition) is 4. The van der Waals surface area contributed by atoms with E-state index in [1.54, 1.807) is 4.90 Å². The molecular weight excluding hydrogens is 350 g/mol. The molecule has 28 heavy (non-hydrogen) atoms. The fourth-order valence-corrected chi connectivity index (χ4v) is 2.83. The van der Waals surface area contributed by atoms with Gasteiger partial charge in [-0.2, -0.15) is 5.21 Å². The predicted molar refractivity (Wildman–Crippen MR) is 109 cm³/mol. The first-order chi connectivity index (χ1) is 13.7. The van der Waals surface area contributed by atoms with E-state index in [2.05, 4.69) is 39.4 Å². The molecule has 0 radical (unpaired) electrons. The van der Waals surface area contributed by atoms with Gasteiger partial charge in [0.25, 0.3) is 0 Å². The van der Waals surface area contributed by atoms with Crippen molar-refractivity contribution in [2.24, 2.45) is 0 Å². The van der Waals surface area contributed by atoms with Gasteiger partial charge in [-0.3, -0.25) is 4.79 Å². The Kier molecular flexibility index (Phi) is 6.53. The van der Waals surface area contributed by atoms with E-state index < -0.39 is 0 Å². The molecule has 0 atom stereocenters. The number of carbonyl (C=O) groups is 1. The first-order valence-corrected chi connectivity index (χ1v) is 9.43. The highest BCUT2D eigenvalue weighted by atomic mass is 16.2. The number of nitrogens with zero attached hydrogens (tertiary/aromatic N) is 4. The summed E-state index contributed by atoms with van der Waals surface area (Å²) in [5, 5.41) is 14.1. The van der Waals surface area contributed by atoms with Crippen LogP contribution in [0.25, 0.3) is 11.4 Å². The van der Waals surface area contributed by atoms with Gasteiger partial charge in [0.1, 0.15) is 0 Å². The molecule has 0 bridgehead atoms. The standard InChI is InChI=1S/C22H23N5O/c1-3-5-6-9-17-10-7-11-18(14-17)16-27(21(28)4-2)20-13-8-12-19(15-20)22-23-25-26-24-22/h7-8,10-15H,3-5,16H2,1-2H3,(H,23,24,25,26). The van der Waals surface area contributed by atoms with Gasteiger partial charge in [-0.05, 0) is 41.5 Å². The first kappa shape index (κ1) is 19.3. The van der Waals surface area contributed by atoms with Gasteiger partial charge in [0, 0.05) is 29.7 Å². The van der Waals surface area contributed by atoms with Crippen LogP contribution in [0.3, 0.4) is 0 Å². The van der Waals surface area contributed by atoms with Crippen LogP contribution in [-0.2, 0) is 11.3 Å². The van der Waals surface area contributed by atoms with Gasteiger partial charge in [-0.1, -0.05) is 50.0 Å². The van der Waals surface area contributed by atoms with Crippen LogP contribution in [0.4, 0.5) is 5.69 Å². The molecule has 1 heterocycles. The van der Waals surface area contributed by atoms with Crippen molar-refractivity contribution < 1.29 is 4.79 Å². The third-order valence-corrected chi connectivity index (χ3v) is 4.24. The fourth-order valence-electron chi connectivity index (χ4n) is 2.83. The quantitative estimate of drug-likeness (QED) is 0.664. The molecule has 0 spiro atoms. The number of carbonyl (C=O) groups excluding carboxylic acids is 1. The molecule has 0 unspecified atom stereocenters. The highest BCUT2D eigenvalue weighted by molar-refractivity contribution is 5.93. The van der Waals surface area contributed by atoms with Crippen molar-refractivity contribution in [1.29, 1.82) is 0 Å². The van der Waals surface area contributed by atoms with Crippen molar-refractivity contribution in [3.8, 4) is 23.2 Å². The summed E-state index contributed by atoms with van der Waals surface area (Å²) in [5.41, 5.74) is 3.61. The lowest BCUT2D eigenvalue weighted by molar-refractivity contribution is -0.118. The van der Waals surface area contributed by atoms with E-state index in [0.29, 0.717) is 18.8 Å². The third-order valence-electron chi connectivity index (χ3n) is 4.24. The Morgan fingerprint density at radius 1 is 1.14 bits per heavy atom. The number of aromatic nitrogens is 4. The Balaban J connectivity index is 1.88. The third kappa shape index (κ3) is 4.83. The van der Waals surface area contributed by atoms with Crippen LogP contribution in [0.1, 0.15) is 44.2 Å². The van der Waals surface area contributed by atoms with Crippen LogP contribution in [-0.4, -0.2) is 26.5 Å². The molecule has 0 saturated heterocycles. The molecule has 1 aromatic heterocycles. The fraction of sp³-hybridized carbons (Fsp3) is 0.273. The average molecular weight is 373 g/mol. The number of benzene rings is 2. The Morgan fingerprint density at radius 2 is 2.00 bits per heavy atom. The number of unbranched alkanes of at least 4 members (excludes halogenated alkanes) is 1. The molecule has 3 aromatic rings. The smallest absolute Gasteiger partial charge is 0.227 e. The Morgan fingerprint density at radius 3 is 2.75 bits per heavy atom. The summed E-state index contributed by atoms with van der Waals surface area (Å²) < 4.78 is 0. The monoisotopic (exact) mass is 373 g/mol. The molecule has 0 fully saturated rings. The van der Waals surface area contributed by atoms with Crippen LogP contribution in [0.5, 0.6) is 0 Å². The second kappa shape index (κ2) is 9.47. The zero-order valence-electron chi connectivity index (χ0n) is 16.1. The van der Waals surface area contributed by atoms with E-state index in [4.69, 9.17) is 0 Å². The maximum atomic E-state index is 12.7. The number of aromatic amines is 1. The van der Waals surface area contributed by atoms with Gasteiger partial charge >= 0.3 is 0 Å². The normalized spacial score (nSPS) is 10.2. The van der Waals surface area contributed by atoms with E-state index in [1.165, 1.54) is 0 Å². The van der Waals surface area contributed by atoms with E-state index in [0.717, 1.165) is 35.2 Å². The predicted octanol–water partition coefficient (Wildman–Crippen LogP) is 3.96. The van der Waals surface area contributed by atoms with E-state index in [-0.39, 0.29) is 5.91 Å². The van der Waals surface area contributed by atoms with Crippen LogP contribution >= 0.6 is 0 Å². The summed E-state index contributed by atoms with van der Waals surface area (Å²) >= 11 is 0. The van der Waals surface area contributed by atoms with Gasteiger partial charge in [0.05, 0.1) is 6.54 Å². The first-order valence-electron chi connectivity index (χ1n) is 9.43. The van der Waals surface area contributed by atoms with Crippen LogP contribution in [0, 0.1) is 11.8 Å². The number of rotatable bonds is 6. The highest BCUT2D eigenvalue weighted by Gasteiger charge is 2.16. The Hall–Kier alpha value is -3.46. The summed E-state index contributed by atoms with van der Waals surface area (Å²) in [7, 11) is 0. The van der Waals surface area contributed by atoms with E-state index in [1.807, 2.05) is 55.5 Å². The second-order valence-corrected chi connectivity index (χ2v) is 6.37. The number of anilines is 1. The molecule has 6 nitrogen and oxygen atoms in total. The molecule has 1 N–H and O–H groups in total. The van der Waals surface area contributed by atoms with Gasteiger partial charge < -0.3 is 4.90 Å². The van der Waals surface area contributed by atoms with Crippen LogP contribution in [0.15, 0.2) is 48.5 Å². The van der Waals surface area contributed by atoms with Gasteiger partial charge in [0.2, 0.25) is 11.7 Å². The summed E-state index contributed by atoms with van der Waals surface area (Å²) in [6, 6.07) is 15.7. The maximum absolute atomic E-state index is 12.7. The van der Waals surface area contributed by atoms with Crippen LogP contribution < -0.4 is 4.90 Å². The average Bonchev–Trinajstić information content (AvgIpc) is 3.27. The van der Waals surface area contributed by atoms with Crippen molar-refractivity contribution in [3.05, 3.63) is 59.7 Å². The molecule has 1 amide bonds. The largest absolute Gasteiger partial charge is 0.308 e. The Labute approximate surface area is 165 Å². The number of amides is 1. The molecule has 142 valence electrons. The summed E-state index contributed by atoms with van der Waals surface area (Å²) in [5.74, 6) is 6.90. The van der Waals surface area contributed by atoms with Crippen molar-refractivity contribution >= 4 is 11.6 Å². The number of H-pyrrole nitrogens is 1. The number of hydrogen-bond donors (Lipinski definition) is 1. The van der Waals surface area contributed by atoms with E-state index >= 15 is 0 Å². The number of nitrogens with one attached hydrogen (secondary N) is 1. The minimum absolute atomic E-state index is 0.0488. The van der Waals surface area contributed by atoms with Crippen molar-refractivity contribution in [2.75, 3.05) is 4.90 Å². The van der Waals surface area contributed by atoms with Crippen molar-refractivity contribution in [2.45, 2.75) is 39.7 Å². The summed E-state index contributed by atoms with van der Waals surface area (Å²) in [6.07, 6.45) is 2.35. The molecule has 6 heteroatoms. The van der Waals surface area contributed by atoms with Gasteiger partial charge in [0.15, 0.2) is 0 Å². The zero-order valence-corrected chi connectivity index (χ0v) is 16.1. The molecule has 0 saturated carbocycles. The molecule has 3 rings (SSSR count). The molecule has 2 aromatic carbocycles. The van der Waals surface area contributed by atoms with Gasteiger partial charge in [-0.15, -0.1) is 10.2 Å². The molecule has 0 aliphatic heterocycles. The van der Waals surface area contributed by atoms with Crippen molar-refractivity contribution in [1.82, 2.24) is 20.6 Å². The number of tetrazole rings is 1. The summed E-state index contributed by atoms with van der Waals surface area (Å²) in [6.45, 7) is 4.46. The Bertz CT molecular complexity index is 985. The SMILES string of the molecule is CCCC#Cc1cccc(CN(C(=O)CC)c2cccc(-c3nn[nH]n3)c2)c1. The molecule has 0 aliphatic carbocycles. The lowest BCUT2D eigenvalue weighted by Gasteiger charge is -2.23. The highest BCUT2D eigenvalue weighted by Crippen LogP contribution is 2.24. The van der Waals surface area contributed by atoms with Crippen LogP contribution in [0.2, 0.25) is 0 Å². The molecule has 0 aliphatic rings. The topological polar surface area (TPSA) is 74.8 Å². The summed E-state index contributed by atoms with van der Waals surface area (Å²) in [4.78, 5) is 14.4. The zero-order chi connectivity index (χ0) is 19.8. The second-order valence-electron chi connectivity index (χ2n) is 6.37. The van der Waals surface area contributed by atoms with Crippen molar-refractivity contribution in [3.63, 3.8) is 0 Å². The minimum Gasteiger partial charge on any atom is -0.308 e. The molecular formula is C22H23N5O.